The molecule has 1 aromatic rings. The molecule has 0 fully saturated rings. The van der Waals surface area contributed by atoms with Gasteiger partial charge < -0.3 is 10.4 Å². The van der Waals surface area contributed by atoms with E-state index in [-0.39, 0.29) is 5.56 Å². The van der Waals surface area contributed by atoms with Crippen LogP contribution >= 0.6 is 0 Å². The van der Waals surface area contributed by atoms with Gasteiger partial charge in [-0.05, 0) is 32.4 Å². The summed E-state index contributed by atoms with van der Waals surface area (Å²) >= 11 is 0. The number of aryl methyl sites for hydroxylation is 1. The average Bonchev–Trinajstić information content (AvgIpc) is 2.33. The molecule has 0 aliphatic carbocycles. The minimum atomic E-state index is -1.10. The Morgan fingerprint density at radius 3 is 2.37 bits per heavy atom. The predicted molar refractivity (Wildman–Crippen MR) is 64.8 cm³/mol. The summed E-state index contributed by atoms with van der Waals surface area (Å²) in [5.74, 6) is -4.83. The van der Waals surface area contributed by atoms with Crippen molar-refractivity contribution in [1.82, 2.24) is 5.32 Å². The van der Waals surface area contributed by atoms with Gasteiger partial charge in [0.1, 0.15) is 17.2 Å². The molecule has 2 atom stereocenters. The number of carboxylic acids is 1. The first-order valence-corrected chi connectivity index (χ1v) is 5.74. The number of benzene rings is 1. The number of carbonyl (C=O) groups excluding carboxylic acids is 1. The van der Waals surface area contributed by atoms with Crippen LogP contribution in [0, 0.1) is 24.5 Å². The number of hydrogen-bond acceptors (Lipinski definition) is 2. The molecule has 104 valence electrons. The molecule has 6 heteroatoms. The second-order valence-electron chi connectivity index (χ2n) is 4.44. The van der Waals surface area contributed by atoms with Crippen LogP contribution in [-0.4, -0.2) is 23.0 Å². The standard InChI is InChI=1S/C13H15F2NO3/c1-6-4-5-9(14)10(11(6)15)12(17)16-8(3)7(2)13(18)19/h4-5,7-8H,1-3H3,(H,16,17)(H,18,19). The van der Waals surface area contributed by atoms with Gasteiger partial charge in [-0.25, -0.2) is 8.78 Å². The maximum Gasteiger partial charge on any atom is 0.308 e. The van der Waals surface area contributed by atoms with Gasteiger partial charge in [-0.3, -0.25) is 9.59 Å². The number of carbonyl (C=O) groups is 2. The van der Waals surface area contributed by atoms with Gasteiger partial charge in [0.2, 0.25) is 0 Å². The molecule has 1 rings (SSSR count). The van der Waals surface area contributed by atoms with Crippen LogP contribution in [-0.2, 0) is 4.79 Å². The molecule has 19 heavy (non-hydrogen) atoms. The van der Waals surface area contributed by atoms with Gasteiger partial charge in [0, 0.05) is 6.04 Å². The number of nitrogens with one attached hydrogen (secondary N) is 1. The molecule has 1 amide bonds. The van der Waals surface area contributed by atoms with E-state index in [1.54, 1.807) is 0 Å². The second kappa shape index (κ2) is 5.77. The Bertz CT molecular complexity index is 517. The van der Waals surface area contributed by atoms with Crippen LogP contribution in [0.4, 0.5) is 8.78 Å². The van der Waals surface area contributed by atoms with E-state index in [4.69, 9.17) is 5.11 Å². The maximum atomic E-state index is 13.7. The molecular weight excluding hydrogens is 256 g/mol. The van der Waals surface area contributed by atoms with Crippen LogP contribution in [0.1, 0.15) is 29.8 Å². The Hall–Kier alpha value is -1.98. The summed E-state index contributed by atoms with van der Waals surface area (Å²) in [6.45, 7) is 4.27. The second-order valence-corrected chi connectivity index (χ2v) is 4.44. The molecule has 0 aromatic heterocycles. The van der Waals surface area contributed by atoms with Crippen LogP contribution in [0.25, 0.3) is 0 Å². The minimum absolute atomic E-state index is 0.144. The summed E-state index contributed by atoms with van der Waals surface area (Å²) in [6, 6.07) is 1.48. The molecule has 0 aliphatic rings. The van der Waals surface area contributed by atoms with E-state index in [0.29, 0.717) is 0 Å². The highest BCUT2D eigenvalue weighted by Gasteiger charge is 2.25. The SMILES string of the molecule is Cc1ccc(F)c(C(=O)NC(C)C(C)C(=O)O)c1F. The van der Waals surface area contributed by atoms with E-state index >= 15 is 0 Å². The van der Waals surface area contributed by atoms with E-state index in [9.17, 15) is 18.4 Å². The summed E-state index contributed by atoms with van der Waals surface area (Å²) in [6.07, 6.45) is 0. The quantitative estimate of drug-likeness (QED) is 0.881. The van der Waals surface area contributed by atoms with Gasteiger partial charge in [0.15, 0.2) is 0 Å². The third-order valence-corrected chi connectivity index (χ3v) is 3.01. The van der Waals surface area contributed by atoms with Crippen molar-refractivity contribution in [2.45, 2.75) is 26.8 Å². The zero-order valence-electron chi connectivity index (χ0n) is 10.8. The normalized spacial score (nSPS) is 13.7. The Labute approximate surface area is 109 Å². The lowest BCUT2D eigenvalue weighted by Gasteiger charge is -2.18. The molecule has 0 bridgehead atoms. The van der Waals surface area contributed by atoms with E-state index in [1.165, 1.54) is 26.8 Å². The monoisotopic (exact) mass is 271 g/mol. The fourth-order valence-corrected chi connectivity index (χ4v) is 1.48. The van der Waals surface area contributed by atoms with Crippen molar-refractivity contribution in [3.05, 3.63) is 34.9 Å². The number of amides is 1. The third kappa shape index (κ3) is 3.27. The summed E-state index contributed by atoms with van der Waals surface area (Å²) < 4.78 is 27.2. The molecule has 2 unspecified atom stereocenters. The molecular formula is C13H15F2NO3. The zero-order chi connectivity index (χ0) is 14.7. The van der Waals surface area contributed by atoms with Gasteiger partial charge in [-0.1, -0.05) is 6.07 Å². The first-order valence-electron chi connectivity index (χ1n) is 5.74. The first-order chi connectivity index (χ1) is 8.75. The number of hydrogen-bond donors (Lipinski definition) is 2. The van der Waals surface area contributed by atoms with Crippen LogP contribution < -0.4 is 5.32 Å². The van der Waals surface area contributed by atoms with Crippen LogP contribution in [0.3, 0.4) is 0 Å². The van der Waals surface area contributed by atoms with Crippen LogP contribution in [0.15, 0.2) is 12.1 Å². The Kier molecular flexibility index (Phi) is 4.58. The maximum absolute atomic E-state index is 13.7. The number of aliphatic carboxylic acids is 1. The smallest absolute Gasteiger partial charge is 0.308 e. The lowest BCUT2D eigenvalue weighted by Crippen LogP contribution is -2.40. The molecule has 1 aromatic carbocycles. The largest absolute Gasteiger partial charge is 0.481 e. The van der Waals surface area contributed by atoms with Crippen molar-refractivity contribution in [2.24, 2.45) is 5.92 Å². The van der Waals surface area contributed by atoms with Crippen molar-refractivity contribution in [3.8, 4) is 0 Å². The van der Waals surface area contributed by atoms with Crippen molar-refractivity contribution in [2.75, 3.05) is 0 Å². The number of carboxylic acid groups (broad SMARTS) is 1. The molecule has 2 N–H and O–H groups in total. The van der Waals surface area contributed by atoms with Gasteiger partial charge >= 0.3 is 5.97 Å². The zero-order valence-corrected chi connectivity index (χ0v) is 10.8. The molecule has 4 nitrogen and oxygen atoms in total. The Morgan fingerprint density at radius 1 is 1.26 bits per heavy atom. The van der Waals surface area contributed by atoms with Crippen molar-refractivity contribution >= 4 is 11.9 Å². The van der Waals surface area contributed by atoms with Gasteiger partial charge in [0.25, 0.3) is 5.91 Å². The predicted octanol–water partition coefficient (Wildman–Crippen LogP) is 2.11. The fraction of sp³-hybridized carbons (Fsp3) is 0.385. The number of halogens is 2. The van der Waals surface area contributed by atoms with E-state index < -0.39 is 41.0 Å². The topological polar surface area (TPSA) is 66.4 Å². The fourth-order valence-electron chi connectivity index (χ4n) is 1.48. The Balaban J connectivity index is 2.97. The molecule has 0 heterocycles. The summed E-state index contributed by atoms with van der Waals surface area (Å²) in [5.41, 5.74) is -0.546. The summed E-state index contributed by atoms with van der Waals surface area (Å²) in [4.78, 5) is 22.5. The highest BCUT2D eigenvalue weighted by Crippen LogP contribution is 2.16. The lowest BCUT2D eigenvalue weighted by atomic mass is 10.0. The van der Waals surface area contributed by atoms with E-state index in [1.807, 2.05) is 0 Å². The first kappa shape index (κ1) is 15.1. The number of rotatable bonds is 4. The lowest BCUT2D eigenvalue weighted by molar-refractivity contribution is -0.141. The molecule has 0 radical (unpaired) electrons. The van der Waals surface area contributed by atoms with Crippen LogP contribution in [0.2, 0.25) is 0 Å². The highest BCUT2D eigenvalue weighted by molar-refractivity contribution is 5.95. The van der Waals surface area contributed by atoms with Gasteiger partial charge in [-0.15, -0.1) is 0 Å². The molecule has 0 aliphatic heterocycles. The summed E-state index contributed by atoms with van der Waals surface area (Å²) in [7, 11) is 0. The molecule has 0 saturated carbocycles. The summed E-state index contributed by atoms with van der Waals surface area (Å²) in [5, 5.41) is 11.1. The Morgan fingerprint density at radius 2 is 1.84 bits per heavy atom. The third-order valence-electron chi connectivity index (χ3n) is 3.01. The van der Waals surface area contributed by atoms with Crippen molar-refractivity contribution < 1.29 is 23.5 Å². The van der Waals surface area contributed by atoms with Crippen molar-refractivity contribution in [1.29, 1.82) is 0 Å². The molecule has 0 saturated heterocycles. The highest BCUT2D eigenvalue weighted by atomic mass is 19.1. The van der Waals surface area contributed by atoms with Crippen LogP contribution in [0.5, 0.6) is 0 Å². The van der Waals surface area contributed by atoms with Gasteiger partial charge in [0.05, 0.1) is 5.92 Å². The average molecular weight is 271 g/mol. The van der Waals surface area contributed by atoms with Gasteiger partial charge in [-0.2, -0.15) is 0 Å². The minimum Gasteiger partial charge on any atom is -0.481 e. The van der Waals surface area contributed by atoms with E-state index in [2.05, 4.69) is 5.32 Å². The molecule has 0 spiro atoms. The van der Waals surface area contributed by atoms with Crippen molar-refractivity contribution in [3.63, 3.8) is 0 Å². The van der Waals surface area contributed by atoms with E-state index in [0.717, 1.165) is 6.07 Å².